The van der Waals surface area contributed by atoms with Crippen LogP contribution < -0.4 is 0 Å². The fourth-order valence-electron chi connectivity index (χ4n) is 4.69. The van der Waals surface area contributed by atoms with E-state index in [1.807, 2.05) is 42.6 Å². The highest BCUT2D eigenvalue weighted by Crippen LogP contribution is 2.42. The highest BCUT2D eigenvalue weighted by molar-refractivity contribution is 7.88. The van der Waals surface area contributed by atoms with Gasteiger partial charge in [0, 0.05) is 38.6 Å². The minimum absolute atomic E-state index is 0.0824. The lowest BCUT2D eigenvalue weighted by Gasteiger charge is -2.37. The molecule has 162 valence electrons. The van der Waals surface area contributed by atoms with E-state index in [1.54, 1.807) is 10.5 Å². The van der Waals surface area contributed by atoms with Crippen molar-refractivity contribution in [1.82, 2.24) is 14.2 Å². The van der Waals surface area contributed by atoms with Crippen molar-refractivity contribution in [1.29, 1.82) is 0 Å². The van der Waals surface area contributed by atoms with E-state index < -0.39 is 10.0 Å². The van der Waals surface area contributed by atoms with Crippen molar-refractivity contribution >= 4 is 10.0 Å². The number of benzene rings is 1. The largest absolute Gasteiger partial charge is 0.376 e. The lowest BCUT2D eigenvalue weighted by atomic mass is 9.77. The number of pyridine rings is 1. The highest BCUT2D eigenvalue weighted by atomic mass is 32.2. The first-order valence-electron chi connectivity index (χ1n) is 10.6. The average molecular weight is 430 g/mol. The van der Waals surface area contributed by atoms with Crippen LogP contribution in [0.3, 0.4) is 0 Å². The van der Waals surface area contributed by atoms with E-state index in [9.17, 15) is 8.42 Å². The number of aromatic nitrogens is 1. The number of hydrogen-bond donors (Lipinski definition) is 0. The Kier molecular flexibility index (Phi) is 6.53. The van der Waals surface area contributed by atoms with Crippen LogP contribution in [0.2, 0.25) is 0 Å². The van der Waals surface area contributed by atoms with Crippen LogP contribution in [0.25, 0.3) is 0 Å². The van der Waals surface area contributed by atoms with Gasteiger partial charge in [0.1, 0.15) is 0 Å². The fourth-order valence-corrected chi connectivity index (χ4v) is 6.23. The number of rotatable bonds is 7. The Labute approximate surface area is 179 Å². The number of ether oxygens (including phenoxy) is 1. The number of sulfonamides is 1. The highest BCUT2D eigenvalue weighted by Gasteiger charge is 2.44. The maximum Gasteiger partial charge on any atom is 0.218 e. The van der Waals surface area contributed by atoms with Gasteiger partial charge in [0.2, 0.25) is 10.0 Å². The van der Waals surface area contributed by atoms with E-state index in [-0.39, 0.29) is 17.3 Å². The second-order valence-electron chi connectivity index (χ2n) is 8.84. The van der Waals surface area contributed by atoms with Crippen LogP contribution >= 0.6 is 0 Å². The van der Waals surface area contributed by atoms with Gasteiger partial charge >= 0.3 is 0 Å². The molecule has 6 nitrogen and oxygen atoms in total. The van der Waals surface area contributed by atoms with Crippen LogP contribution in [0.4, 0.5) is 0 Å². The van der Waals surface area contributed by atoms with Crippen LogP contribution in [-0.4, -0.2) is 62.0 Å². The summed E-state index contributed by atoms with van der Waals surface area (Å²) < 4.78 is 33.5. The van der Waals surface area contributed by atoms with E-state index in [1.165, 1.54) is 5.56 Å². The zero-order valence-corrected chi connectivity index (χ0v) is 18.4. The molecular weight excluding hydrogens is 398 g/mol. The molecule has 1 aromatic carbocycles. The molecule has 2 aliphatic rings. The second kappa shape index (κ2) is 9.14. The summed E-state index contributed by atoms with van der Waals surface area (Å²) in [5.74, 6) is 0.0824. The molecule has 2 aliphatic heterocycles. The third-order valence-corrected chi connectivity index (χ3v) is 8.19. The molecule has 0 unspecified atom stereocenters. The minimum Gasteiger partial charge on any atom is -0.376 e. The molecule has 3 heterocycles. The van der Waals surface area contributed by atoms with Gasteiger partial charge in [0.05, 0.1) is 18.5 Å². The zero-order valence-electron chi connectivity index (χ0n) is 17.6. The summed E-state index contributed by atoms with van der Waals surface area (Å²) in [5, 5.41) is 0. The van der Waals surface area contributed by atoms with Gasteiger partial charge in [-0.25, -0.2) is 12.7 Å². The van der Waals surface area contributed by atoms with E-state index in [4.69, 9.17) is 4.74 Å². The predicted octanol–water partition coefficient (Wildman–Crippen LogP) is 2.91. The topological polar surface area (TPSA) is 62.7 Å². The molecule has 4 rings (SSSR count). The maximum atomic E-state index is 12.8. The molecule has 2 saturated heterocycles. The predicted molar refractivity (Wildman–Crippen MR) is 117 cm³/mol. The van der Waals surface area contributed by atoms with Gasteiger partial charge in [-0.1, -0.05) is 36.4 Å². The van der Waals surface area contributed by atoms with Crippen LogP contribution in [0.5, 0.6) is 0 Å². The summed E-state index contributed by atoms with van der Waals surface area (Å²) in [6.45, 7) is 3.66. The van der Waals surface area contributed by atoms with Crippen LogP contribution in [0.1, 0.15) is 30.4 Å². The van der Waals surface area contributed by atoms with Crippen LogP contribution in [0, 0.1) is 5.41 Å². The van der Waals surface area contributed by atoms with Gasteiger partial charge in [-0.05, 0) is 48.9 Å². The normalized spacial score (nSPS) is 22.0. The third kappa shape index (κ3) is 5.27. The monoisotopic (exact) mass is 429 g/mol. The zero-order chi connectivity index (χ0) is 21.0. The number of likely N-dealkylation sites (N-methyl/N-ethyl adjacent to an activating group) is 1. The Hall–Kier alpha value is -1.80. The maximum absolute atomic E-state index is 12.8. The molecule has 0 aliphatic carbocycles. The van der Waals surface area contributed by atoms with Gasteiger partial charge in [0.15, 0.2) is 0 Å². The van der Waals surface area contributed by atoms with Gasteiger partial charge < -0.3 is 4.74 Å². The van der Waals surface area contributed by atoms with Gasteiger partial charge in [-0.15, -0.1) is 0 Å². The van der Waals surface area contributed by atoms with Crippen molar-refractivity contribution in [3.8, 4) is 0 Å². The number of hydrogen-bond acceptors (Lipinski definition) is 5. The molecule has 1 atom stereocenters. The molecule has 1 aromatic heterocycles. The molecule has 0 radical (unpaired) electrons. The Morgan fingerprint density at radius 3 is 2.57 bits per heavy atom. The molecule has 1 spiro atoms. The molecule has 0 saturated carbocycles. The fraction of sp³-hybridized carbons (Fsp3) is 0.522. The Morgan fingerprint density at radius 1 is 1.13 bits per heavy atom. The second-order valence-corrected chi connectivity index (χ2v) is 10.8. The quantitative estimate of drug-likeness (QED) is 0.677. The van der Waals surface area contributed by atoms with Crippen molar-refractivity contribution < 1.29 is 13.2 Å². The number of nitrogens with zero attached hydrogens (tertiary/aromatic N) is 3. The van der Waals surface area contributed by atoms with Gasteiger partial charge in [0.25, 0.3) is 0 Å². The van der Waals surface area contributed by atoms with Gasteiger partial charge in [-0.2, -0.15) is 0 Å². The molecule has 0 bridgehead atoms. The minimum atomic E-state index is -3.27. The molecule has 7 heteroatoms. The molecule has 30 heavy (non-hydrogen) atoms. The standard InChI is InChI=1S/C23H31N3O3S/c1-25(16-21-8-5-11-24-15-21)17-22-14-23(19-29-22)9-12-26(13-10-23)30(27,28)18-20-6-3-2-4-7-20/h2-8,11,15,22H,9-10,12-14,16-19H2,1H3/t22-/m1/s1. The lowest BCUT2D eigenvalue weighted by Crippen LogP contribution is -2.44. The first kappa shape index (κ1) is 21.4. The third-order valence-electron chi connectivity index (χ3n) is 6.34. The first-order chi connectivity index (χ1) is 14.4. The summed E-state index contributed by atoms with van der Waals surface area (Å²) in [6.07, 6.45) is 6.67. The van der Waals surface area contributed by atoms with E-state index >= 15 is 0 Å². The van der Waals surface area contributed by atoms with Crippen molar-refractivity contribution in [3.05, 3.63) is 66.0 Å². The summed E-state index contributed by atoms with van der Waals surface area (Å²) in [6, 6.07) is 13.5. The van der Waals surface area contributed by atoms with Crippen molar-refractivity contribution in [3.63, 3.8) is 0 Å². The molecule has 2 aromatic rings. The summed E-state index contributed by atoms with van der Waals surface area (Å²) in [7, 11) is -1.16. The van der Waals surface area contributed by atoms with E-state index in [2.05, 4.69) is 23.0 Å². The van der Waals surface area contributed by atoms with E-state index in [0.717, 1.165) is 44.5 Å². The Balaban J connectivity index is 1.27. The SMILES string of the molecule is CN(Cc1cccnc1)C[C@H]1CC2(CCN(S(=O)(=O)Cc3ccccc3)CC2)CO1. The smallest absolute Gasteiger partial charge is 0.218 e. The first-order valence-corrected chi connectivity index (χ1v) is 12.3. The molecule has 0 N–H and O–H groups in total. The average Bonchev–Trinajstić information content (AvgIpc) is 3.11. The van der Waals surface area contributed by atoms with Gasteiger partial charge in [-0.3, -0.25) is 9.88 Å². The molecular formula is C23H31N3O3S. The summed E-state index contributed by atoms with van der Waals surface area (Å²) in [5.41, 5.74) is 2.17. The van der Waals surface area contributed by atoms with Crippen LogP contribution in [0.15, 0.2) is 54.9 Å². The molecule has 0 amide bonds. The van der Waals surface area contributed by atoms with Crippen molar-refractivity contribution in [2.24, 2.45) is 5.41 Å². The Bertz CT molecular complexity index is 913. The van der Waals surface area contributed by atoms with E-state index in [0.29, 0.717) is 13.1 Å². The lowest BCUT2D eigenvalue weighted by molar-refractivity contribution is 0.0618. The summed E-state index contributed by atoms with van der Waals surface area (Å²) in [4.78, 5) is 6.46. The van der Waals surface area contributed by atoms with Crippen molar-refractivity contribution in [2.75, 3.05) is 33.3 Å². The molecule has 2 fully saturated rings. The summed E-state index contributed by atoms with van der Waals surface area (Å²) >= 11 is 0. The Morgan fingerprint density at radius 2 is 1.87 bits per heavy atom. The van der Waals surface area contributed by atoms with Crippen LogP contribution in [-0.2, 0) is 27.1 Å². The number of piperidine rings is 1. The van der Waals surface area contributed by atoms with Crippen molar-refractivity contribution in [2.45, 2.75) is 37.7 Å².